The molecule has 5 fully saturated rings. The van der Waals surface area contributed by atoms with Gasteiger partial charge >= 0.3 is 0 Å². The molecule has 4 aliphatic carbocycles. The van der Waals surface area contributed by atoms with Crippen LogP contribution in [0.3, 0.4) is 0 Å². The highest BCUT2D eigenvalue weighted by atomic mass is 16.7. The molecule has 1 aliphatic heterocycles. The zero-order valence-corrected chi connectivity index (χ0v) is 16.8. The van der Waals surface area contributed by atoms with Crippen molar-refractivity contribution in [3.05, 3.63) is 0 Å². The lowest BCUT2D eigenvalue weighted by Crippen LogP contribution is -2.59. The van der Waals surface area contributed by atoms with E-state index in [1.807, 2.05) is 0 Å². The molecule has 0 aromatic heterocycles. The first-order chi connectivity index (χ1) is 12.4. The highest BCUT2D eigenvalue weighted by molar-refractivity contribution is 5.92. The maximum absolute atomic E-state index is 6.19. The zero-order chi connectivity index (χ0) is 18.2. The molecule has 0 aromatic rings. The lowest BCUT2D eigenvalue weighted by Gasteiger charge is -2.63. The van der Waals surface area contributed by atoms with Crippen molar-refractivity contribution in [2.45, 2.75) is 77.9 Å². The Labute approximate surface area is 158 Å². The molecule has 0 aromatic carbocycles. The SMILES string of the molecule is CC1C2CC[C@@H]3[C@H](CC[C@]4(C)/C(=N\N)CC[C@@H]34)[C@@]2(C)CCC12OCCO2. The average molecular weight is 361 g/mol. The van der Waals surface area contributed by atoms with Gasteiger partial charge in [0.05, 0.1) is 13.2 Å². The number of rotatable bonds is 0. The molecule has 4 nitrogen and oxygen atoms in total. The fourth-order valence-corrected chi connectivity index (χ4v) is 8.53. The van der Waals surface area contributed by atoms with Crippen molar-refractivity contribution in [3.8, 4) is 0 Å². The molecular formula is C22H36N2O2. The fourth-order valence-electron chi connectivity index (χ4n) is 8.53. The van der Waals surface area contributed by atoms with E-state index in [0.29, 0.717) is 11.3 Å². The Morgan fingerprint density at radius 1 is 0.923 bits per heavy atom. The summed E-state index contributed by atoms with van der Waals surface area (Å²) in [5, 5.41) is 4.22. The van der Waals surface area contributed by atoms with Gasteiger partial charge in [-0.3, -0.25) is 0 Å². The first-order valence-electron chi connectivity index (χ1n) is 11.0. The summed E-state index contributed by atoms with van der Waals surface area (Å²) in [6.45, 7) is 9.04. The predicted molar refractivity (Wildman–Crippen MR) is 103 cm³/mol. The normalized spacial score (nSPS) is 54.1. The Morgan fingerprint density at radius 3 is 2.42 bits per heavy atom. The molecule has 2 N–H and O–H groups in total. The van der Waals surface area contributed by atoms with Crippen LogP contribution >= 0.6 is 0 Å². The molecule has 146 valence electrons. The van der Waals surface area contributed by atoms with Gasteiger partial charge in [0.15, 0.2) is 5.79 Å². The third-order valence-electron chi connectivity index (χ3n) is 9.92. The predicted octanol–water partition coefficient (Wildman–Crippen LogP) is 4.33. The number of fused-ring (bicyclic) bond motifs is 5. The first-order valence-corrected chi connectivity index (χ1v) is 11.0. The lowest BCUT2D eigenvalue weighted by atomic mass is 9.43. The van der Waals surface area contributed by atoms with Crippen LogP contribution in [0, 0.1) is 40.4 Å². The van der Waals surface area contributed by atoms with Crippen LogP contribution < -0.4 is 5.84 Å². The molecule has 2 unspecified atom stereocenters. The monoisotopic (exact) mass is 360 g/mol. The van der Waals surface area contributed by atoms with E-state index in [4.69, 9.17) is 15.3 Å². The van der Waals surface area contributed by atoms with E-state index in [0.717, 1.165) is 49.7 Å². The van der Waals surface area contributed by atoms with Crippen molar-refractivity contribution in [2.24, 2.45) is 51.4 Å². The fraction of sp³-hybridized carbons (Fsp3) is 0.955. The van der Waals surface area contributed by atoms with Crippen LogP contribution in [0.5, 0.6) is 0 Å². The summed E-state index contributed by atoms with van der Waals surface area (Å²) in [7, 11) is 0. The molecule has 0 bridgehead atoms. The van der Waals surface area contributed by atoms with Gasteiger partial charge in [-0.05, 0) is 74.0 Å². The minimum Gasteiger partial charge on any atom is -0.347 e. The van der Waals surface area contributed by atoms with Crippen LogP contribution in [0.1, 0.15) is 72.1 Å². The molecule has 1 heterocycles. The molecule has 26 heavy (non-hydrogen) atoms. The third-order valence-corrected chi connectivity index (χ3v) is 9.92. The molecule has 1 saturated heterocycles. The summed E-state index contributed by atoms with van der Waals surface area (Å²) in [5.41, 5.74) is 2.03. The van der Waals surface area contributed by atoms with Gasteiger partial charge in [-0.25, -0.2) is 0 Å². The van der Waals surface area contributed by atoms with Crippen LogP contribution in [0.25, 0.3) is 0 Å². The maximum Gasteiger partial charge on any atom is 0.171 e. The second-order valence-corrected chi connectivity index (χ2v) is 10.4. The van der Waals surface area contributed by atoms with Gasteiger partial charge < -0.3 is 15.3 Å². The second kappa shape index (κ2) is 5.70. The van der Waals surface area contributed by atoms with Gasteiger partial charge in [0, 0.05) is 23.5 Å². The zero-order valence-electron chi connectivity index (χ0n) is 16.8. The molecule has 0 radical (unpaired) electrons. The minimum absolute atomic E-state index is 0.271. The van der Waals surface area contributed by atoms with Crippen molar-refractivity contribution >= 4 is 5.71 Å². The van der Waals surface area contributed by atoms with Gasteiger partial charge in [-0.2, -0.15) is 5.10 Å². The summed E-state index contributed by atoms with van der Waals surface area (Å²) >= 11 is 0. The molecule has 4 heteroatoms. The summed E-state index contributed by atoms with van der Waals surface area (Å²) in [5.74, 6) is 9.27. The van der Waals surface area contributed by atoms with Crippen molar-refractivity contribution < 1.29 is 9.47 Å². The quantitative estimate of drug-likeness (QED) is 0.516. The molecule has 4 saturated carbocycles. The lowest BCUT2D eigenvalue weighted by molar-refractivity contribution is -0.261. The summed E-state index contributed by atoms with van der Waals surface area (Å²) in [6.07, 6.45) is 10.1. The number of ether oxygens (including phenoxy) is 2. The largest absolute Gasteiger partial charge is 0.347 e. The van der Waals surface area contributed by atoms with Crippen molar-refractivity contribution in [1.29, 1.82) is 0 Å². The number of hydrogen-bond acceptors (Lipinski definition) is 4. The van der Waals surface area contributed by atoms with Gasteiger partial charge in [-0.1, -0.05) is 20.8 Å². The molecule has 0 amide bonds. The summed E-state index contributed by atoms with van der Waals surface area (Å²) in [4.78, 5) is 0. The van der Waals surface area contributed by atoms with E-state index in [1.54, 1.807) is 0 Å². The number of hydrazone groups is 1. The number of hydrogen-bond donors (Lipinski definition) is 1. The minimum atomic E-state index is -0.271. The van der Waals surface area contributed by atoms with Crippen LogP contribution in [0.15, 0.2) is 5.10 Å². The van der Waals surface area contributed by atoms with Crippen LogP contribution in [0.2, 0.25) is 0 Å². The molecule has 5 rings (SSSR count). The highest BCUT2D eigenvalue weighted by Gasteiger charge is 2.63. The molecule has 5 aliphatic rings. The summed E-state index contributed by atoms with van der Waals surface area (Å²) < 4.78 is 12.4. The Bertz CT molecular complexity index is 613. The van der Waals surface area contributed by atoms with Crippen molar-refractivity contribution in [3.63, 3.8) is 0 Å². The van der Waals surface area contributed by atoms with E-state index in [1.165, 1.54) is 44.2 Å². The summed E-state index contributed by atoms with van der Waals surface area (Å²) in [6, 6.07) is 0. The van der Waals surface area contributed by atoms with E-state index in [-0.39, 0.29) is 11.2 Å². The third kappa shape index (κ3) is 2.06. The highest BCUT2D eigenvalue weighted by Crippen LogP contribution is 2.67. The average Bonchev–Trinajstić information content (AvgIpc) is 3.23. The van der Waals surface area contributed by atoms with Crippen LogP contribution in [0.4, 0.5) is 0 Å². The number of nitrogens with zero attached hydrogens (tertiary/aromatic N) is 1. The van der Waals surface area contributed by atoms with Gasteiger partial charge in [0.1, 0.15) is 0 Å². The van der Waals surface area contributed by atoms with Gasteiger partial charge in [0.2, 0.25) is 0 Å². The first kappa shape index (κ1) is 17.5. The molecule has 7 atom stereocenters. The Balaban J connectivity index is 1.44. The second-order valence-electron chi connectivity index (χ2n) is 10.4. The van der Waals surface area contributed by atoms with Crippen molar-refractivity contribution in [1.82, 2.24) is 0 Å². The number of nitrogens with two attached hydrogens (primary N) is 1. The van der Waals surface area contributed by atoms with E-state index < -0.39 is 0 Å². The molecule has 1 spiro atoms. The molecular weight excluding hydrogens is 324 g/mol. The topological polar surface area (TPSA) is 56.8 Å². The van der Waals surface area contributed by atoms with Gasteiger partial charge in [0.25, 0.3) is 0 Å². The Kier molecular flexibility index (Phi) is 3.83. The van der Waals surface area contributed by atoms with E-state index in [2.05, 4.69) is 25.9 Å². The maximum atomic E-state index is 6.19. The van der Waals surface area contributed by atoms with E-state index in [9.17, 15) is 0 Å². The van der Waals surface area contributed by atoms with Gasteiger partial charge in [-0.15, -0.1) is 0 Å². The van der Waals surface area contributed by atoms with E-state index >= 15 is 0 Å². The van der Waals surface area contributed by atoms with Crippen LogP contribution in [-0.4, -0.2) is 24.7 Å². The van der Waals surface area contributed by atoms with Crippen LogP contribution in [-0.2, 0) is 9.47 Å². The Hall–Kier alpha value is -0.610. The standard InChI is InChI=1S/C22H36N2O2/c1-14-16-5-4-15-17-6-7-19(24-23)21(17,3)9-8-18(15)20(16,2)10-11-22(14)25-12-13-26-22/h14-18H,4-13,23H2,1-3H3/b24-19-/t14?,15-,16?,17-,18-,20-,21-/m0/s1. The Morgan fingerprint density at radius 2 is 1.69 bits per heavy atom. The van der Waals surface area contributed by atoms with Crippen molar-refractivity contribution in [2.75, 3.05) is 13.2 Å². The smallest absolute Gasteiger partial charge is 0.171 e.